The average Bonchev–Trinajstić information content (AvgIpc) is 2.78. The molecule has 2 N–H and O–H groups in total. The lowest BCUT2D eigenvalue weighted by atomic mass is 9.98. The molecule has 0 aromatic heterocycles. The van der Waals surface area contributed by atoms with Gasteiger partial charge in [0.05, 0.1) is 6.42 Å². The van der Waals surface area contributed by atoms with Crippen molar-refractivity contribution >= 4 is 40.5 Å². The molecule has 2 aromatic rings. The molecule has 2 aliphatic rings. The van der Waals surface area contributed by atoms with E-state index in [4.69, 9.17) is 38.0 Å². The molecular formula is C19H16ClNO5S. The van der Waals surface area contributed by atoms with E-state index in [9.17, 15) is 9.90 Å². The summed E-state index contributed by atoms with van der Waals surface area (Å²) in [4.78, 5) is 11.6. The Morgan fingerprint density at radius 3 is 2.85 bits per heavy atom. The monoisotopic (exact) mass is 405 g/mol. The predicted molar refractivity (Wildman–Crippen MR) is 104 cm³/mol. The molecule has 6 nitrogen and oxygen atoms in total. The van der Waals surface area contributed by atoms with Crippen LogP contribution in [0.15, 0.2) is 36.4 Å². The Bertz CT molecular complexity index is 919. The number of carboxylic acid groups (broad SMARTS) is 1. The maximum atomic E-state index is 11.3. The number of rotatable bonds is 3. The van der Waals surface area contributed by atoms with Gasteiger partial charge in [-0.15, -0.1) is 0 Å². The van der Waals surface area contributed by atoms with Crippen molar-refractivity contribution in [3.8, 4) is 11.5 Å². The second-order valence-corrected chi connectivity index (χ2v) is 7.07. The van der Waals surface area contributed by atoms with Gasteiger partial charge in [0.2, 0.25) is 0 Å². The lowest BCUT2D eigenvalue weighted by Gasteiger charge is -2.27. The number of hydrogen-bond donors (Lipinski definition) is 2. The lowest BCUT2D eigenvalue weighted by Crippen LogP contribution is -2.30. The van der Waals surface area contributed by atoms with Gasteiger partial charge in [0.25, 0.3) is 0 Å². The highest BCUT2D eigenvalue weighted by Gasteiger charge is 2.33. The first kappa shape index (κ1) is 18.0. The molecule has 0 unspecified atom stereocenters. The number of anilines is 1. The lowest BCUT2D eigenvalue weighted by molar-refractivity contribution is -0.139. The fourth-order valence-corrected chi connectivity index (χ4v) is 3.65. The largest absolute Gasteiger partial charge is 0.486 e. The van der Waals surface area contributed by atoms with Gasteiger partial charge in [0.15, 0.2) is 11.5 Å². The first-order chi connectivity index (χ1) is 13.0. The third-order valence-corrected chi connectivity index (χ3v) is 4.99. The van der Waals surface area contributed by atoms with E-state index in [1.165, 1.54) is 0 Å². The Balaban J connectivity index is 1.85. The number of para-hydroxylation sites is 1. The summed E-state index contributed by atoms with van der Waals surface area (Å²) in [6, 6.07) is 10.9. The molecular weight excluding hydrogens is 390 g/mol. The van der Waals surface area contributed by atoms with Crippen LogP contribution < -0.4 is 14.8 Å². The van der Waals surface area contributed by atoms with Crippen LogP contribution in [0.5, 0.6) is 11.5 Å². The molecule has 2 aliphatic heterocycles. The number of carboxylic acids is 1. The number of nitrogens with one attached hydrogen (secondary N) is 1. The van der Waals surface area contributed by atoms with Crippen molar-refractivity contribution < 1.29 is 24.1 Å². The first-order valence-corrected chi connectivity index (χ1v) is 9.17. The van der Waals surface area contributed by atoms with E-state index >= 15 is 0 Å². The summed E-state index contributed by atoms with van der Waals surface area (Å²) in [7, 11) is 0. The van der Waals surface area contributed by atoms with E-state index in [-0.39, 0.29) is 6.42 Å². The molecule has 2 heterocycles. The summed E-state index contributed by atoms with van der Waals surface area (Å²) in [6.07, 6.45) is -1.67. The maximum absolute atomic E-state index is 11.3. The molecule has 0 bridgehead atoms. The van der Waals surface area contributed by atoms with Crippen molar-refractivity contribution in [2.75, 3.05) is 18.5 Å². The van der Waals surface area contributed by atoms with Crippen molar-refractivity contribution in [3.63, 3.8) is 0 Å². The van der Waals surface area contributed by atoms with Crippen LogP contribution in [-0.4, -0.2) is 35.4 Å². The summed E-state index contributed by atoms with van der Waals surface area (Å²) in [5.74, 6) is 0.212. The Kier molecular flexibility index (Phi) is 4.90. The van der Waals surface area contributed by atoms with Crippen LogP contribution in [0.4, 0.5) is 5.69 Å². The Hall–Kier alpha value is -2.35. The number of halogens is 1. The van der Waals surface area contributed by atoms with Gasteiger partial charge in [0.1, 0.15) is 30.4 Å². The molecule has 0 amide bonds. The van der Waals surface area contributed by atoms with E-state index in [0.717, 1.165) is 16.8 Å². The number of ether oxygens (including phenoxy) is 3. The van der Waals surface area contributed by atoms with Gasteiger partial charge < -0.3 is 24.6 Å². The van der Waals surface area contributed by atoms with Crippen molar-refractivity contribution in [2.45, 2.75) is 18.6 Å². The molecule has 2 atom stereocenters. The number of carbonyl (C=O) groups is 1. The SMILES string of the molecule is O=C(O)C[C@H]1O[C@H](c2cccc3c2OCCO3)c2cc(Cl)ccc2NC1=S. The van der Waals surface area contributed by atoms with Crippen LogP contribution in [0.2, 0.25) is 5.02 Å². The highest BCUT2D eigenvalue weighted by Crippen LogP contribution is 2.44. The normalized spacial score (nSPS) is 21.0. The van der Waals surface area contributed by atoms with Gasteiger partial charge in [0, 0.05) is 21.8 Å². The third kappa shape index (κ3) is 3.58. The van der Waals surface area contributed by atoms with Gasteiger partial charge >= 0.3 is 5.97 Å². The van der Waals surface area contributed by atoms with Gasteiger partial charge in [-0.25, -0.2) is 0 Å². The van der Waals surface area contributed by atoms with Crippen LogP contribution in [0.25, 0.3) is 0 Å². The average molecular weight is 406 g/mol. The van der Waals surface area contributed by atoms with E-state index in [2.05, 4.69) is 5.32 Å². The number of thiocarbonyl (C=S) groups is 1. The summed E-state index contributed by atoms with van der Waals surface area (Å²) in [6.45, 7) is 0.895. The molecule has 0 spiro atoms. The van der Waals surface area contributed by atoms with Gasteiger partial charge in [-0.3, -0.25) is 4.79 Å². The second-order valence-electron chi connectivity index (χ2n) is 6.19. The van der Waals surface area contributed by atoms with Crippen LogP contribution in [-0.2, 0) is 9.53 Å². The molecule has 2 aromatic carbocycles. The molecule has 0 radical (unpaired) electrons. The summed E-state index contributed by atoms with van der Waals surface area (Å²) in [5, 5.41) is 12.9. The smallest absolute Gasteiger partial charge is 0.306 e. The topological polar surface area (TPSA) is 77.0 Å². The Morgan fingerprint density at radius 2 is 2.04 bits per heavy atom. The minimum Gasteiger partial charge on any atom is -0.486 e. The minimum absolute atomic E-state index is 0.254. The van der Waals surface area contributed by atoms with Gasteiger partial charge in [-0.2, -0.15) is 0 Å². The van der Waals surface area contributed by atoms with Crippen molar-refractivity contribution in [1.82, 2.24) is 0 Å². The zero-order valence-corrected chi connectivity index (χ0v) is 15.7. The fourth-order valence-electron chi connectivity index (χ4n) is 3.22. The standard InChI is InChI=1S/C19H16ClNO5S/c20-10-4-5-13-12(8-10)17(26-15(9-16(22)23)19(27)21-13)11-2-1-3-14-18(11)25-7-6-24-14/h1-5,8,15,17H,6-7,9H2,(H,21,27)(H,22,23)/t15-,17-/m1/s1. The van der Waals surface area contributed by atoms with Crippen molar-refractivity contribution in [1.29, 1.82) is 0 Å². The highest BCUT2D eigenvalue weighted by molar-refractivity contribution is 7.80. The van der Waals surface area contributed by atoms with E-state index < -0.39 is 18.2 Å². The Morgan fingerprint density at radius 1 is 1.22 bits per heavy atom. The zero-order chi connectivity index (χ0) is 19.0. The number of hydrogen-bond acceptors (Lipinski definition) is 5. The molecule has 27 heavy (non-hydrogen) atoms. The van der Waals surface area contributed by atoms with Crippen LogP contribution in [0, 0.1) is 0 Å². The maximum Gasteiger partial charge on any atom is 0.306 e. The van der Waals surface area contributed by atoms with Gasteiger partial charge in [-0.05, 0) is 24.3 Å². The molecule has 0 saturated carbocycles. The van der Waals surface area contributed by atoms with E-state index in [0.29, 0.717) is 34.7 Å². The van der Waals surface area contributed by atoms with Crippen LogP contribution in [0.3, 0.4) is 0 Å². The number of aliphatic carboxylic acids is 1. The van der Waals surface area contributed by atoms with Crippen molar-refractivity contribution in [3.05, 3.63) is 52.5 Å². The highest BCUT2D eigenvalue weighted by atomic mass is 35.5. The van der Waals surface area contributed by atoms with Crippen LogP contribution >= 0.6 is 23.8 Å². The summed E-state index contributed by atoms with van der Waals surface area (Å²) < 4.78 is 17.7. The number of fused-ring (bicyclic) bond motifs is 2. The fraction of sp³-hybridized carbons (Fsp3) is 0.263. The molecule has 0 fully saturated rings. The molecule has 0 aliphatic carbocycles. The predicted octanol–water partition coefficient (Wildman–Crippen LogP) is 3.81. The molecule has 4 rings (SSSR count). The minimum atomic E-state index is -0.999. The molecule has 0 saturated heterocycles. The molecule has 140 valence electrons. The first-order valence-electron chi connectivity index (χ1n) is 8.39. The van der Waals surface area contributed by atoms with Crippen LogP contribution in [0.1, 0.15) is 23.7 Å². The summed E-state index contributed by atoms with van der Waals surface area (Å²) >= 11 is 11.6. The molecule has 8 heteroatoms. The third-order valence-electron chi connectivity index (χ3n) is 4.39. The second kappa shape index (κ2) is 7.34. The van der Waals surface area contributed by atoms with E-state index in [1.54, 1.807) is 18.2 Å². The van der Waals surface area contributed by atoms with E-state index in [1.807, 2.05) is 18.2 Å². The number of benzene rings is 2. The summed E-state index contributed by atoms with van der Waals surface area (Å²) in [5.41, 5.74) is 2.20. The van der Waals surface area contributed by atoms with Gasteiger partial charge in [-0.1, -0.05) is 36.0 Å². The van der Waals surface area contributed by atoms with Crippen molar-refractivity contribution in [2.24, 2.45) is 0 Å². The Labute approximate surface area is 166 Å². The quantitative estimate of drug-likeness (QED) is 0.752. The zero-order valence-electron chi connectivity index (χ0n) is 14.1.